The Morgan fingerprint density at radius 3 is 3.10 bits per heavy atom. The first-order valence-corrected chi connectivity index (χ1v) is 7.12. The van der Waals surface area contributed by atoms with E-state index in [0.29, 0.717) is 13.2 Å². The molecule has 1 N–H and O–H groups in total. The summed E-state index contributed by atoms with van der Waals surface area (Å²) in [6, 6.07) is 5.01. The van der Waals surface area contributed by atoms with Gasteiger partial charge in [0.25, 0.3) is 0 Å². The van der Waals surface area contributed by atoms with Gasteiger partial charge in [0, 0.05) is 45.6 Å². The van der Waals surface area contributed by atoms with Crippen LogP contribution in [0.2, 0.25) is 0 Å². The largest absolute Gasteiger partial charge is 0.383 e. The van der Waals surface area contributed by atoms with E-state index in [4.69, 9.17) is 9.47 Å². The maximum absolute atomic E-state index is 13.5. The molecule has 0 amide bonds. The Bertz CT molecular complexity index is 407. The molecule has 0 aliphatic carbocycles. The van der Waals surface area contributed by atoms with E-state index in [9.17, 15) is 4.39 Å². The quantitative estimate of drug-likeness (QED) is 0.807. The highest BCUT2D eigenvalue weighted by Crippen LogP contribution is 2.22. The zero-order chi connectivity index (χ0) is 14.2. The number of hydrogen-bond donors (Lipinski definition) is 1. The second-order valence-corrected chi connectivity index (χ2v) is 4.90. The van der Waals surface area contributed by atoms with Gasteiger partial charge in [-0.05, 0) is 30.2 Å². The summed E-state index contributed by atoms with van der Waals surface area (Å²) in [5, 5.41) is 3.28. The molecule has 1 aromatic rings. The number of anilines is 1. The van der Waals surface area contributed by atoms with Crippen LogP contribution in [0.1, 0.15) is 12.0 Å². The van der Waals surface area contributed by atoms with Crippen molar-refractivity contribution in [3.63, 3.8) is 0 Å². The molecule has 1 aliphatic rings. The Labute approximate surface area is 119 Å². The van der Waals surface area contributed by atoms with E-state index < -0.39 is 0 Å². The van der Waals surface area contributed by atoms with Crippen LogP contribution in [0.15, 0.2) is 18.2 Å². The lowest BCUT2D eigenvalue weighted by molar-refractivity contribution is 0.152. The predicted molar refractivity (Wildman–Crippen MR) is 77.6 cm³/mol. The number of ether oxygens (including phenoxy) is 2. The van der Waals surface area contributed by atoms with Crippen molar-refractivity contribution in [3.8, 4) is 0 Å². The number of nitrogens with zero attached hydrogens (tertiary/aromatic N) is 1. The van der Waals surface area contributed by atoms with E-state index in [1.165, 1.54) is 6.07 Å². The summed E-state index contributed by atoms with van der Waals surface area (Å²) in [6.07, 6.45) is 1.01. The van der Waals surface area contributed by atoms with E-state index in [2.05, 4.69) is 10.2 Å². The van der Waals surface area contributed by atoms with E-state index in [1.807, 2.05) is 6.07 Å². The third-order valence-corrected chi connectivity index (χ3v) is 3.40. The van der Waals surface area contributed by atoms with Gasteiger partial charge < -0.3 is 19.7 Å². The average molecular weight is 282 g/mol. The summed E-state index contributed by atoms with van der Waals surface area (Å²) in [5.74, 6) is -0.191. The van der Waals surface area contributed by atoms with Gasteiger partial charge in [-0.15, -0.1) is 0 Å². The molecule has 20 heavy (non-hydrogen) atoms. The van der Waals surface area contributed by atoms with Crippen molar-refractivity contribution in [1.82, 2.24) is 5.32 Å². The second kappa shape index (κ2) is 8.19. The van der Waals surface area contributed by atoms with Crippen LogP contribution in [0, 0.1) is 5.82 Å². The fraction of sp³-hybridized carbons (Fsp3) is 0.600. The molecule has 1 aromatic carbocycles. The highest BCUT2D eigenvalue weighted by atomic mass is 19.1. The highest BCUT2D eigenvalue weighted by molar-refractivity contribution is 5.54. The molecule has 4 nitrogen and oxygen atoms in total. The molecule has 0 atom stereocenters. The van der Waals surface area contributed by atoms with Crippen LogP contribution in [0.4, 0.5) is 10.1 Å². The van der Waals surface area contributed by atoms with Crippen molar-refractivity contribution in [2.24, 2.45) is 0 Å². The standard InChI is InChI=1S/C15H23FN2O2/c1-19-9-5-17-12-13-11-14(16)3-4-15(13)18-6-2-8-20-10-7-18/h3-4,11,17H,2,5-10,12H2,1H3. The molecule has 112 valence electrons. The lowest BCUT2D eigenvalue weighted by Gasteiger charge is -2.25. The first-order chi connectivity index (χ1) is 9.81. The van der Waals surface area contributed by atoms with Crippen molar-refractivity contribution >= 4 is 5.69 Å². The average Bonchev–Trinajstić information content (AvgIpc) is 2.73. The lowest BCUT2D eigenvalue weighted by atomic mass is 10.1. The molecule has 0 radical (unpaired) electrons. The van der Waals surface area contributed by atoms with Crippen molar-refractivity contribution in [2.45, 2.75) is 13.0 Å². The van der Waals surface area contributed by atoms with Gasteiger partial charge in [-0.2, -0.15) is 0 Å². The van der Waals surface area contributed by atoms with E-state index >= 15 is 0 Å². The molecule has 0 aromatic heterocycles. The minimum Gasteiger partial charge on any atom is -0.383 e. The fourth-order valence-corrected chi connectivity index (χ4v) is 2.39. The van der Waals surface area contributed by atoms with Crippen LogP contribution in [-0.2, 0) is 16.0 Å². The number of rotatable bonds is 6. The molecule has 5 heteroatoms. The van der Waals surface area contributed by atoms with Gasteiger partial charge in [-0.3, -0.25) is 0 Å². The maximum atomic E-state index is 13.5. The Morgan fingerprint density at radius 2 is 2.25 bits per heavy atom. The number of nitrogens with one attached hydrogen (secondary N) is 1. The van der Waals surface area contributed by atoms with Crippen LogP contribution in [0.5, 0.6) is 0 Å². The molecule has 2 rings (SSSR count). The summed E-state index contributed by atoms with van der Waals surface area (Å²) in [4.78, 5) is 2.28. The molecular weight excluding hydrogens is 259 g/mol. The van der Waals surface area contributed by atoms with Crippen LogP contribution >= 0.6 is 0 Å². The molecule has 1 fully saturated rings. The molecule has 1 aliphatic heterocycles. The van der Waals surface area contributed by atoms with E-state index in [0.717, 1.165) is 50.5 Å². The second-order valence-electron chi connectivity index (χ2n) is 4.90. The number of benzene rings is 1. The number of hydrogen-bond acceptors (Lipinski definition) is 4. The third kappa shape index (κ3) is 4.44. The fourth-order valence-electron chi connectivity index (χ4n) is 2.39. The van der Waals surface area contributed by atoms with Crippen molar-refractivity contribution in [1.29, 1.82) is 0 Å². The van der Waals surface area contributed by atoms with Crippen LogP contribution in [0.3, 0.4) is 0 Å². The minimum absolute atomic E-state index is 0.191. The lowest BCUT2D eigenvalue weighted by Crippen LogP contribution is -2.28. The maximum Gasteiger partial charge on any atom is 0.123 e. The van der Waals surface area contributed by atoms with Gasteiger partial charge in [0.2, 0.25) is 0 Å². The first-order valence-electron chi connectivity index (χ1n) is 7.12. The summed E-state index contributed by atoms with van der Waals surface area (Å²) in [5.41, 5.74) is 2.09. The molecule has 0 saturated carbocycles. The monoisotopic (exact) mass is 282 g/mol. The van der Waals surface area contributed by atoms with Gasteiger partial charge in [0.1, 0.15) is 5.82 Å². The predicted octanol–water partition coefficient (Wildman–Crippen LogP) is 1.79. The Hall–Kier alpha value is -1.17. The van der Waals surface area contributed by atoms with Crippen molar-refractivity contribution in [3.05, 3.63) is 29.6 Å². The topological polar surface area (TPSA) is 33.7 Å². The van der Waals surface area contributed by atoms with Crippen molar-refractivity contribution in [2.75, 3.05) is 51.5 Å². The summed E-state index contributed by atoms with van der Waals surface area (Å²) >= 11 is 0. The molecule has 0 spiro atoms. The Kier molecular flexibility index (Phi) is 6.24. The third-order valence-electron chi connectivity index (χ3n) is 3.40. The van der Waals surface area contributed by atoms with Gasteiger partial charge in [-0.25, -0.2) is 4.39 Å². The van der Waals surface area contributed by atoms with Crippen LogP contribution < -0.4 is 10.2 Å². The van der Waals surface area contributed by atoms with Crippen LogP contribution in [-0.4, -0.2) is 46.6 Å². The summed E-state index contributed by atoms with van der Waals surface area (Å²) < 4.78 is 24.0. The highest BCUT2D eigenvalue weighted by Gasteiger charge is 2.14. The van der Waals surface area contributed by atoms with Gasteiger partial charge in [0.05, 0.1) is 13.2 Å². The first kappa shape index (κ1) is 15.2. The van der Waals surface area contributed by atoms with Gasteiger partial charge in [-0.1, -0.05) is 0 Å². The number of methoxy groups -OCH3 is 1. The molecule has 1 saturated heterocycles. The van der Waals surface area contributed by atoms with Gasteiger partial charge in [0.15, 0.2) is 0 Å². The summed E-state index contributed by atoms with van der Waals surface area (Å²) in [7, 11) is 1.67. The Morgan fingerprint density at radius 1 is 1.35 bits per heavy atom. The molecule has 0 bridgehead atoms. The van der Waals surface area contributed by atoms with E-state index in [-0.39, 0.29) is 5.82 Å². The zero-order valence-corrected chi connectivity index (χ0v) is 12.0. The SMILES string of the molecule is COCCNCc1cc(F)ccc1N1CCCOCC1. The summed E-state index contributed by atoms with van der Waals surface area (Å²) in [6.45, 7) is 5.41. The van der Waals surface area contributed by atoms with Gasteiger partial charge >= 0.3 is 0 Å². The normalized spacial score (nSPS) is 16.2. The number of halogens is 1. The Balaban J connectivity index is 2.05. The zero-order valence-electron chi connectivity index (χ0n) is 12.0. The smallest absolute Gasteiger partial charge is 0.123 e. The van der Waals surface area contributed by atoms with Crippen LogP contribution in [0.25, 0.3) is 0 Å². The van der Waals surface area contributed by atoms with E-state index in [1.54, 1.807) is 13.2 Å². The minimum atomic E-state index is -0.191. The molecular formula is C15H23FN2O2. The molecule has 1 heterocycles. The molecule has 0 unspecified atom stereocenters. The van der Waals surface area contributed by atoms with Crippen molar-refractivity contribution < 1.29 is 13.9 Å².